The van der Waals surface area contributed by atoms with Gasteiger partial charge in [0.2, 0.25) is 5.91 Å². The minimum atomic E-state index is -0.976. The molecular formula is C22H22N2O6. The first-order valence-electron chi connectivity index (χ1n) is 9.77. The maximum absolute atomic E-state index is 12.5. The topological polar surface area (TPSA) is 94.2 Å². The Morgan fingerprint density at radius 3 is 2.60 bits per heavy atom. The van der Waals surface area contributed by atoms with Gasteiger partial charge in [-0.2, -0.15) is 0 Å². The summed E-state index contributed by atoms with van der Waals surface area (Å²) < 4.78 is 16.4. The van der Waals surface area contributed by atoms with Gasteiger partial charge in [0.15, 0.2) is 17.6 Å². The number of carbonyl (C=O) groups excluding carboxylic acids is 3. The molecule has 2 aromatic carbocycles. The van der Waals surface area contributed by atoms with Crippen molar-refractivity contribution in [2.45, 2.75) is 19.4 Å². The third-order valence-electron chi connectivity index (χ3n) is 5.00. The molecule has 0 radical (unpaired) electrons. The Bertz CT molecular complexity index is 961. The van der Waals surface area contributed by atoms with Crippen LogP contribution in [0.4, 0.5) is 11.4 Å². The first-order chi connectivity index (χ1) is 14.5. The second kappa shape index (κ2) is 8.44. The molecule has 0 spiro atoms. The summed E-state index contributed by atoms with van der Waals surface area (Å²) in [6.07, 6.45) is -0.948. The maximum Gasteiger partial charge on any atom is 0.312 e. The molecule has 1 saturated heterocycles. The Hall–Kier alpha value is -3.55. The highest BCUT2D eigenvalue weighted by Crippen LogP contribution is 2.36. The van der Waals surface area contributed by atoms with Crippen molar-refractivity contribution < 1.29 is 28.6 Å². The molecular weight excluding hydrogens is 388 g/mol. The van der Waals surface area contributed by atoms with E-state index in [1.165, 1.54) is 11.8 Å². The van der Waals surface area contributed by atoms with E-state index >= 15 is 0 Å². The molecule has 4 rings (SSSR count). The van der Waals surface area contributed by atoms with Gasteiger partial charge in [0, 0.05) is 30.4 Å². The first kappa shape index (κ1) is 19.8. The van der Waals surface area contributed by atoms with Crippen LogP contribution < -0.4 is 19.7 Å². The molecule has 2 aliphatic rings. The minimum Gasteiger partial charge on any atom is -0.486 e. The predicted octanol–water partition coefficient (Wildman–Crippen LogP) is 2.38. The molecule has 2 amide bonds. The van der Waals surface area contributed by atoms with Crippen LogP contribution in [0.2, 0.25) is 0 Å². The average Bonchev–Trinajstić information content (AvgIpc) is 3.16. The Morgan fingerprint density at radius 1 is 1.10 bits per heavy atom. The van der Waals surface area contributed by atoms with E-state index in [-0.39, 0.29) is 18.9 Å². The highest BCUT2D eigenvalue weighted by atomic mass is 16.6. The Kier molecular flexibility index (Phi) is 5.56. The summed E-state index contributed by atoms with van der Waals surface area (Å²) in [7, 11) is 0. The van der Waals surface area contributed by atoms with Gasteiger partial charge in [-0.15, -0.1) is 0 Å². The zero-order valence-corrected chi connectivity index (χ0v) is 16.5. The van der Waals surface area contributed by atoms with Gasteiger partial charge < -0.3 is 24.4 Å². The SMILES string of the molecule is C[C@@H](OC(=O)[C@H]1CC(=O)N(c2ccc3c(c2)OCCO3)C1)C(=O)Nc1ccccc1. The summed E-state index contributed by atoms with van der Waals surface area (Å²) in [6, 6.07) is 14.2. The molecule has 0 saturated carbocycles. The van der Waals surface area contributed by atoms with Crippen LogP contribution in [0.25, 0.3) is 0 Å². The van der Waals surface area contributed by atoms with E-state index in [0.29, 0.717) is 36.1 Å². The lowest BCUT2D eigenvalue weighted by molar-refractivity contribution is -0.157. The number of para-hydroxylation sites is 1. The van der Waals surface area contributed by atoms with Crippen molar-refractivity contribution in [3.8, 4) is 11.5 Å². The molecule has 2 aliphatic heterocycles. The number of amides is 2. The molecule has 2 aromatic rings. The number of nitrogens with one attached hydrogen (secondary N) is 1. The van der Waals surface area contributed by atoms with Gasteiger partial charge in [0.05, 0.1) is 5.92 Å². The fourth-order valence-electron chi connectivity index (χ4n) is 3.40. The standard InChI is InChI=1S/C22H22N2O6/c1-14(21(26)23-16-5-3-2-4-6-16)30-22(27)15-11-20(25)24(13-15)17-7-8-18-19(12-17)29-10-9-28-18/h2-8,12,14-15H,9-11,13H2,1H3,(H,23,26)/t14-,15+/m1/s1. The summed E-state index contributed by atoms with van der Waals surface area (Å²) in [6.45, 7) is 2.62. The molecule has 1 N–H and O–H groups in total. The van der Waals surface area contributed by atoms with Gasteiger partial charge in [-0.25, -0.2) is 0 Å². The van der Waals surface area contributed by atoms with Crippen molar-refractivity contribution in [2.75, 3.05) is 30.0 Å². The van der Waals surface area contributed by atoms with E-state index < -0.39 is 23.9 Å². The monoisotopic (exact) mass is 410 g/mol. The number of anilines is 2. The van der Waals surface area contributed by atoms with Gasteiger partial charge in [-0.3, -0.25) is 14.4 Å². The number of fused-ring (bicyclic) bond motifs is 1. The van der Waals surface area contributed by atoms with E-state index in [4.69, 9.17) is 14.2 Å². The lowest BCUT2D eigenvalue weighted by Gasteiger charge is -2.22. The fraction of sp³-hybridized carbons (Fsp3) is 0.318. The summed E-state index contributed by atoms with van der Waals surface area (Å²) in [4.78, 5) is 38.8. The largest absolute Gasteiger partial charge is 0.486 e. The van der Waals surface area contributed by atoms with E-state index in [0.717, 1.165) is 0 Å². The summed E-state index contributed by atoms with van der Waals surface area (Å²) in [5, 5.41) is 2.69. The zero-order chi connectivity index (χ0) is 21.1. The number of rotatable bonds is 5. The van der Waals surface area contributed by atoms with Gasteiger partial charge in [-0.1, -0.05) is 18.2 Å². The van der Waals surface area contributed by atoms with Crippen LogP contribution in [-0.2, 0) is 19.1 Å². The molecule has 2 atom stereocenters. The van der Waals surface area contributed by atoms with Crippen LogP contribution in [0.1, 0.15) is 13.3 Å². The van der Waals surface area contributed by atoms with E-state index in [1.807, 2.05) is 6.07 Å². The fourth-order valence-corrected chi connectivity index (χ4v) is 3.40. The average molecular weight is 410 g/mol. The molecule has 0 bridgehead atoms. The maximum atomic E-state index is 12.5. The van der Waals surface area contributed by atoms with Gasteiger partial charge in [0.25, 0.3) is 5.91 Å². The van der Waals surface area contributed by atoms with E-state index in [1.54, 1.807) is 42.5 Å². The molecule has 156 valence electrons. The number of hydrogen-bond acceptors (Lipinski definition) is 6. The quantitative estimate of drug-likeness (QED) is 0.761. The van der Waals surface area contributed by atoms with Crippen LogP contribution in [0.5, 0.6) is 11.5 Å². The zero-order valence-electron chi connectivity index (χ0n) is 16.5. The number of carbonyl (C=O) groups is 3. The number of ether oxygens (including phenoxy) is 3. The molecule has 30 heavy (non-hydrogen) atoms. The lowest BCUT2D eigenvalue weighted by atomic mass is 10.1. The molecule has 0 unspecified atom stereocenters. The van der Waals surface area contributed by atoms with Crippen molar-refractivity contribution in [3.63, 3.8) is 0 Å². The van der Waals surface area contributed by atoms with Crippen molar-refractivity contribution in [1.82, 2.24) is 0 Å². The molecule has 0 aliphatic carbocycles. The van der Waals surface area contributed by atoms with Crippen LogP contribution in [0, 0.1) is 5.92 Å². The smallest absolute Gasteiger partial charge is 0.312 e. The number of nitrogens with zero attached hydrogens (tertiary/aromatic N) is 1. The van der Waals surface area contributed by atoms with Crippen LogP contribution in [-0.4, -0.2) is 43.6 Å². The van der Waals surface area contributed by atoms with E-state index in [2.05, 4.69) is 5.32 Å². The lowest BCUT2D eigenvalue weighted by Crippen LogP contribution is -2.33. The van der Waals surface area contributed by atoms with Gasteiger partial charge in [-0.05, 0) is 31.2 Å². The van der Waals surface area contributed by atoms with Crippen LogP contribution in [0.3, 0.4) is 0 Å². The molecule has 8 heteroatoms. The number of esters is 1. The predicted molar refractivity (Wildman–Crippen MR) is 109 cm³/mol. The molecule has 0 aromatic heterocycles. The molecule has 2 heterocycles. The molecule has 8 nitrogen and oxygen atoms in total. The van der Waals surface area contributed by atoms with Crippen molar-refractivity contribution >= 4 is 29.2 Å². The highest BCUT2D eigenvalue weighted by molar-refractivity contribution is 6.00. The second-order valence-electron chi connectivity index (χ2n) is 7.17. The summed E-state index contributed by atoms with van der Waals surface area (Å²) in [5.41, 5.74) is 1.25. The summed E-state index contributed by atoms with van der Waals surface area (Å²) >= 11 is 0. The third-order valence-corrected chi connectivity index (χ3v) is 5.00. The third kappa shape index (κ3) is 4.22. The van der Waals surface area contributed by atoms with Crippen molar-refractivity contribution in [2.24, 2.45) is 5.92 Å². The highest BCUT2D eigenvalue weighted by Gasteiger charge is 2.37. The van der Waals surface area contributed by atoms with Crippen LogP contribution in [0.15, 0.2) is 48.5 Å². The van der Waals surface area contributed by atoms with Crippen molar-refractivity contribution in [1.29, 1.82) is 0 Å². The Labute approximate surface area is 173 Å². The van der Waals surface area contributed by atoms with Crippen LogP contribution >= 0.6 is 0 Å². The molecule has 1 fully saturated rings. The Balaban J connectivity index is 1.36. The van der Waals surface area contributed by atoms with Crippen molar-refractivity contribution in [3.05, 3.63) is 48.5 Å². The normalized spacial score (nSPS) is 18.6. The Morgan fingerprint density at radius 2 is 1.83 bits per heavy atom. The van der Waals surface area contributed by atoms with Gasteiger partial charge in [0.1, 0.15) is 13.2 Å². The van der Waals surface area contributed by atoms with E-state index in [9.17, 15) is 14.4 Å². The van der Waals surface area contributed by atoms with Gasteiger partial charge >= 0.3 is 5.97 Å². The number of benzene rings is 2. The second-order valence-corrected chi connectivity index (χ2v) is 7.17. The number of hydrogen-bond donors (Lipinski definition) is 1. The minimum absolute atomic E-state index is 0.0281. The first-order valence-corrected chi connectivity index (χ1v) is 9.77. The summed E-state index contributed by atoms with van der Waals surface area (Å²) in [5.74, 6) is -0.621.